The van der Waals surface area contributed by atoms with Crippen LogP contribution in [0.4, 0.5) is 0 Å². The van der Waals surface area contributed by atoms with Gasteiger partial charge in [0.15, 0.2) is 3.79 Å². The van der Waals surface area contributed by atoms with Crippen LogP contribution >= 0.6 is 34.8 Å². The van der Waals surface area contributed by atoms with Crippen molar-refractivity contribution in [2.24, 2.45) is 5.92 Å². The molecule has 0 amide bonds. The summed E-state index contributed by atoms with van der Waals surface area (Å²) in [4.78, 5) is 0. The Labute approximate surface area is 100 Å². The van der Waals surface area contributed by atoms with Crippen LogP contribution in [0.3, 0.4) is 0 Å². The Bertz CT molecular complexity index is 264. The van der Waals surface area contributed by atoms with Crippen LogP contribution in [-0.4, -0.2) is 3.79 Å². The zero-order valence-electron chi connectivity index (χ0n) is 8.01. The maximum atomic E-state index is 5.78. The van der Waals surface area contributed by atoms with Crippen molar-refractivity contribution >= 4 is 34.8 Å². The molecule has 1 unspecified atom stereocenters. The zero-order chi connectivity index (χ0) is 10.6. The van der Waals surface area contributed by atoms with E-state index in [2.05, 4.69) is 12.1 Å². The highest BCUT2D eigenvalue weighted by atomic mass is 35.6. The molecule has 0 nitrogen and oxygen atoms in total. The molecule has 1 rings (SSSR count). The second kappa shape index (κ2) is 5.25. The molecule has 0 aliphatic rings. The van der Waals surface area contributed by atoms with Crippen molar-refractivity contribution in [2.45, 2.75) is 23.6 Å². The van der Waals surface area contributed by atoms with Gasteiger partial charge in [-0.1, -0.05) is 72.1 Å². The number of benzene rings is 1. The predicted molar refractivity (Wildman–Crippen MR) is 64.2 cm³/mol. The third kappa shape index (κ3) is 4.08. The lowest BCUT2D eigenvalue weighted by molar-refractivity contribution is 0.544. The van der Waals surface area contributed by atoms with Gasteiger partial charge in [0.25, 0.3) is 0 Å². The molecular weight excluding hydrogens is 238 g/mol. The first-order valence-corrected chi connectivity index (χ1v) is 5.74. The van der Waals surface area contributed by atoms with E-state index in [0.717, 1.165) is 12.8 Å². The molecule has 1 aromatic carbocycles. The van der Waals surface area contributed by atoms with Gasteiger partial charge in [-0.2, -0.15) is 0 Å². The van der Waals surface area contributed by atoms with Crippen molar-refractivity contribution in [3.63, 3.8) is 0 Å². The molecule has 3 heteroatoms. The molecule has 0 saturated heterocycles. The molecule has 0 bridgehead atoms. The topological polar surface area (TPSA) is 0 Å². The summed E-state index contributed by atoms with van der Waals surface area (Å²) in [5, 5.41) is 0. The monoisotopic (exact) mass is 250 g/mol. The molecule has 0 fully saturated rings. The Morgan fingerprint density at radius 3 is 2.21 bits per heavy atom. The van der Waals surface area contributed by atoms with Gasteiger partial charge in [0.2, 0.25) is 0 Å². The van der Waals surface area contributed by atoms with Crippen molar-refractivity contribution in [3.8, 4) is 0 Å². The molecule has 14 heavy (non-hydrogen) atoms. The zero-order valence-corrected chi connectivity index (χ0v) is 10.3. The molecule has 0 heterocycles. The second-order valence-corrected chi connectivity index (χ2v) is 5.84. The van der Waals surface area contributed by atoms with Gasteiger partial charge in [-0.15, -0.1) is 0 Å². The molecular formula is C11H13Cl3. The fraction of sp³-hybridized carbons (Fsp3) is 0.455. The van der Waals surface area contributed by atoms with E-state index in [4.69, 9.17) is 34.8 Å². The van der Waals surface area contributed by atoms with Crippen molar-refractivity contribution in [1.82, 2.24) is 0 Å². The minimum atomic E-state index is -1.14. The molecule has 0 aliphatic carbocycles. The standard InChI is InChI=1S/C11H13Cl3/c1-9(11(12,13)14)7-8-10-5-3-2-4-6-10/h2-6,9H,7-8H2,1H3. The first-order chi connectivity index (χ1) is 6.50. The van der Waals surface area contributed by atoms with Crippen LogP contribution in [0.2, 0.25) is 0 Å². The Hall–Kier alpha value is 0.0900. The molecule has 0 saturated carbocycles. The van der Waals surface area contributed by atoms with Crippen LogP contribution in [0.1, 0.15) is 18.9 Å². The summed E-state index contributed by atoms with van der Waals surface area (Å²) in [5.41, 5.74) is 1.29. The van der Waals surface area contributed by atoms with E-state index in [1.807, 2.05) is 25.1 Å². The van der Waals surface area contributed by atoms with Gasteiger partial charge in [0.1, 0.15) is 0 Å². The summed E-state index contributed by atoms with van der Waals surface area (Å²) in [6.07, 6.45) is 1.84. The molecule has 0 radical (unpaired) electrons. The van der Waals surface area contributed by atoms with Gasteiger partial charge in [-0.25, -0.2) is 0 Å². The van der Waals surface area contributed by atoms with Gasteiger partial charge < -0.3 is 0 Å². The highest BCUT2D eigenvalue weighted by molar-refractivity contribution is 6.67. The largest absolute Gasteiger partial charge is 0.193 e. The summed E-state index contributed by atoms with van der Waals surface area (Å²) in [6, 6.07) is 10.2. The van der Waals surface area contributed by atoms with Crippen LogP contribution in [0, 0.1) is 5.92 Å². The van der Waals surface area contributed by atoms with Crippen LogP contribution in [0.15, 0.2) is 30.3 Å². The minimum absolute atomic E-state index is 0.0766. The van der Waals surface area contributed by atoms with Crippen LogP contribution < -0.4 is 0 Å². The lowest BCUT2D eigenvalue weighted by Gasteiger charge is -2.19. The minimum Gasteiger partial charge on any atom is -0.0834 e. The Kier molecular flexibility index (Phi) is 4.56. The average molecular weight is 252 g/mol. The van der Waals surface area contributed by atoms with E-state index < -0.39 is 3.79 Å². The normalized spacial score (nSPS) is 14.0. The van der Waals surface area contributed by atoms with E-state index in [1.165, 1.54) is 5.56 Å². The van der Waals surface area contributed by atoms with E-state index in [9.17, 15) is 0 Å². The predicted octanol–water partition coefficient (Wildman–Crippen LogP) is 4.63. The highest BCUT2D eigenvalue weighted by Crippen LogP contribution is 2.37. The maximum Gasteiger partial charge on any atom is 0.193 e. The number of halogens is 3. The van der Waals surface area contributed by atoms with E-state index in [1.54, 1.807) is 0 Å². The van der Waals surface area contributed by atoms with Gasteiger partial charge >= 0.3 is 0 Å². The summed E-state index contributed by atoms with van der Waals surface area (Å²) in [6.45, 7) is 1.95. The maximum absolute atomic E-state index is 5.78. The van der Waals surface area contributed by atoms with E-state index in [0.29, 0.717) is 0 Å². The van der Waals surface area contributed by atoms with Crippen LogP contribution in [0.5, 0.6) is 0 Å². The van der Waals surface area contributed by atoms with Gasteiger partial charge in [0.05, 0.1) is 0 Å². The van der Waals surface area contributed by atoms with Crippen molar-refractivity contribution in [3.05, 3.63) is 35.9 Å². The Balaban J connectivity index is 2.42. The summed E-state index contributed by atoms with van der Waals surface area (Å²) in [5.74, 6) is 0.0766. The fourth-order valence-electron chi connectivity index (χ4n) is 1.19. The molecule has 0 aliphatic heterocycles. The van der Waals surface area contributed by atoms with E-state index >= 15 is 0 Å². The molecule has 78 valence electrons. The summed E-state index contributed by atoms with van der Waals surface area (Å²) in [7, 11) is 0. The molecule has 0 N–H and O–H groups in total. The Morgan fingerprint density at radius 2 is 1.71 bits per heavy atom. The van der Waals surface area contributed by atoms with Gasteiger partial charge in [0, 0.05) is 5.92 Å². The van der Waals surface area contributed by atoms with Crippen molar-refractivity contribution in [1.29, 1.82) is 0 Å². The summed E-state index contributed by atoms with van der Waals surface area (Å²) < 4.78 is -1.14. The summed E-state index contributed by atoms with van der Waals surface area (Å²) >= 11 is 17.3. The van der Waals surface area contributed by atoms with E-state index in [-0.39, 0.29) is 5.92 Å². The van der Waals surface area contributed by atoms with Crippen molar-refractivity contribution in [2.75, 3.05) is 0 Å². The average Bonchev–Trinajstić information content (AvgIpc) is 2.14. The quantitative estimate of drug-likeness (QED) is 0.687. The first kappa shape index (κ1) is 12.2. The number of aryl methyl sites for hydroxylation is 1. The Morgan fingerprint density at radius 1 is 1.14 bits per heavy atom. The lowest BCUT2D eigenvalue weighted by atomic mass is 10.0. The van der Waals surface area contributed by atoms with Gasteiger partial charge in [-0.05, 0) is 18.4 Å². The SMILES string of the molecule is CC(CCc1ccccc1)C(Cl)(Cl)Cl. The second-order valence-electron chi connectivity index (χ2n) is 3.47. The third-order valence-corrected chi connectivity index (χ3v) is 3.39. The van der Waals surface area contributed by atoms with Crippen LogP contribution in [0.25, 0.3) is 0 Å². The number of hydrogen-bond acceptors (Lipinski definition) is 0. The number of hydrogen-bond donors (Lipinski definition) is 0. The fourth-order valence-corrected chi connectivity index (χ4v) is 1.52. The van der Waals surface area contributed by atoms with Gasteiger partial charge in [-0.3, -0.25) is 0 Å². The molecule has 0 spiro atoms. The molecule has 0 aromatic heterocycles. The number of rotatable bonds is 3. The lowest BCUT2D eigenvalue weighted by Crippen LogP contribution is -2.16. The van der Waals surface area contributed by atoms with Crippen LogP contribution in [-0.2, 0) is 6.42 Å². The smallest absolute Gasteiger partial charge is 0.0834 e. The third-order valence-electron chi connectivity index (χ3n) is 2.27. The first-order valence-electron chi connectivity index (χ1n) is 4.61. The highest BCUT2D eigenvalue weighted by Gasteiger charge is 2.27. The number of alkyl halides is 3. The van der Waals surface area contributed by atoms with Crippen molar-refractivity contribution < 1.29 is 0 Å². The molecule has 1 aromatic rings. The molecule has 1 atom stereocenters.